The lowest BCUT2D eigenvalue weighted by molar-refractivity contribution is 0.354. The lowest BCUT2D eigenvalue weighted by Crippen LogP contribution is -2.27. The predicted molar refractivity (Wildman–Crippen MR) is 154 cm³/mol. The van der Waals surface area contributed by atoms with Gasteiger partial charge in [0.2, 0.25) is 0 Å². The second-order valence-corrected chi connectivity index (χ2v) is 12.4. The van der Waals surface area contributed by atoms with Gasteiger partial charge < -0.3 is 19.6 Å². The quantitative estimate of drug-likeness (QED) is 0.315. The highest BCUT2D eigenvalue weighted by Crippen LogP contribution is 2.41. The Bertz CT molecular complexity index is 1520. The minimum atomic E-state index is -0.861. The van der Waals surface area contributed by atoms with E-state index in [2.05, 4.69) is 34.6 Å². The molecule has 6 rings (SSSR count). The summed E-state index contributed by atoms with van der Waals surface area (Å²) in [4.78, 5) is 15.8. The number of pyridine rings is 1. The summed E-state index contributed by atoms with van der Waals surface area (Å²) in [7, 11) is 0.908. The Morgan fingerprint density at radius 3 is 2.61 bits per heavy atom. The summed E-state index contributed by atoms with van der Waals surface area (Å²) in [5.41, 5.74) is 4.73. The fourth-order valence-electron chi connectivity index (χ4n) is 5.93. The number of hydrogen-bond acceptors (Lipinski definition) is 4. The molecule has 7 heteroatoms. The number of nitrogens with zero attached hydrogens (tertiary/aromatic N) is 1. The third-order valence-corrected chi connectivity index (χ3v) is 9.97. The van der Waals surface area contributed by atoms with Crippen LogP contribution in [0.25, 0.3) is 22.0 Å². The molecule has 0 amide bonds. The Hall–Kier alpha value is -3.16. The number of fused-ring (bicyclic) bond motifs is 1. The first-order valence-corrected chi connectivity index (χ1v) is 15.1. The molecule has 6 nitrogen and oxygen atoms in total. The zero-order valence-electron chi connectivity index (χ0n) is 21.9. The fourth-order valence-corrected chi connectivity index (χ4v) is 7.54. The molecule has 0 bridgehead atoms. The van der Waals surface area contributed by atoms with Crippen molar-refractivity contribution in [3.63, 3.8) is 0 Å². The minimum Gasteiger partial charge on any atom is -0.457 e. The van der Waals surface area contributed by atoms with Crippen LogP contribution in [-0.2, 0) is 24.3 Å². The number of H-pyrrole nitrogens is 1. The van der Waals surface area contributed by atoms with E-state index in [9.17, 15) is 9.00 Å². The first-order valence-electron chi connectivity index (χ1n) is 13.7. The molecule has 198 valence electrons. The zero-order valence-corrected chi connectivity index (χ0v) is 22.7. The van der Waals surface area contributed by atoms with E-state index < -0.39 is 10.8 Å². The topological polar surface area (TPSA) is 76.1 Å². The molecule has 0 saturated carbocycles. The molecule has 2 atom stereocenters. The van der Waals surface area contributed by atoms with E-state index >= 15 is 0 Å². The lowest BCUT2D eigenvalue weighted by atomic mass is 9.91. The van der Waals surface area contributed by atoms with E-state index in [1.165, 1.54) is 24.8 Å². The third kappa shape index (κ3) is 5.09. The Labute approximate surface area is 225 Å². The summed E-state index contributed by atoms with van der Waals surface area (Å²) in [6, 6.07) is 16.5. The zero-order chi connectivity index (χ0) is 26.1. The van der Waals surface area contributed by atoms with Crippen molar-refractivity contribution >= 4 is 21.7 Å². The first-order chi connectivity index (χ1) is 18.6. The van der Waals surface area contributed by atoms with Crippen LogP contribution in [0.2, 0.25) is 0 Å². The first kappa shape index (κ1) is 25.1. The van der Waals surface area contributed by atoms with Gasteiger partial charge in [-0.15, -0.1) is 0 Å². The largest absolute Gasteiger partial charge is 0.457 e. The van der Waals surface area contributed by atoms with Crippen molar-refractivity contribution in [2.45, 2.75) is 43.8 Å². The van der Waals surface area contributed by atoms with Crippen molar-refractivity contribution < 1.29 is 8.95 Å². The van der Waals surface area contributed by atoms with Crippen LogP contribution in [-0.4, -0.2) is 32.6 Å². The van der Waals surface area contributed by atoms with Crippen LogP contribution < -0.4 is 15.6 Å². The van der Waals surface area contributed by atoms with Gasteiger partial charge in [0.25, 0.3) is 5.56 Å². The smallest absolute Gasteiger partial charge is 0.274 e. The molecule has 2 aromatic heterocycles. The molecule has 2 N–H and O–H groups in total. The minimum absolute atomic E-state index is 0.0382. The van der Waals surface area contributed by atoms with E-state index in [-0.39, 0.29) is 10.8 Å². The molecular formula is C31H35N3O3S. The Balaban J connectivity index is 1.32. The molecule has 2 unspecified atom stereocenters. The van der Waals surface area contributed by atoms with Gasteiger partial charge in [-0.3, -0.25) is 9.00 Å². The molecule has 2 aliphatic rings. The molecule has 4 aromatic rings. The van der Waals surface area contributed by atoms with Crippen LogP contribution >= 0.6 is 0 Å². The maximum atomic E-state index is 12.7. The molecule has 2 saturated heterocycles. The summed E-state index contributed by atoms with van der Waals surface area (Å²) in [6.45, 7) is 2.28. The van der Waals surface area contributed by atoms with Gasteiger partial charge in [-0.1, -0.05) is 18.2 Å². The van der Waals surface area contributed by atoms with Crippen molar-refractivity contribution in [3.05, 3.63) is 82.4 Å². The van der Waals surface area contributed by atoms with Gasteiger partial charge in [-0.2, -0.15) is 0 Å². The van der Waals surface area contributed by atoms with Gasteiger partial charge in [-0.25, -0.2) is 0 Å². The maximum absolute atomic E-state index is 12.7. The van der Waals surface area contributed by atoms with Crippen LogP contribution in [0, 0.1) is 5.92 Å². The summed E-state index contributed by atoms with van der Waals surface area (Å²) in [5.74, 6) is 3.07. The molecule has 0 radical (unpaired) electrons. The Kier molecular flexibility index (Phi) is 7.22. The maximum Gasteiger partial charge on any atom is 0.274 e. The Morgan fingerprint density at radius 2 is 1.84 bits per heavy atom. The molecule has 38 heavy (non-hydrogen) atoms. The molecule has 0 spiro atoms. The number of ether oxygens (including phenoxy) is 1. The highest BCUT2D eigenvalue weighted by Gasteiger charge is 2.26. The third-order valence-electron chi connectivity index (χ3n) is 8.14. The van der Waals surface area contributed by atoms with Crippen molar-refractivity contribution in [2.24, 2.45) is 13.0 Å². The fraction of sp³-hybridized carbons (Fsp3) is 0.387. The van der Waals surface area contributed by atoms with Gasteiger partial charge in [0.05, 0.1) is 5.25 Å². The number of hydrogen-bond donors (Lipinski definition) is 2. The SMILES string of the molecule is Cn1cc(-c2cc(C3CCCS3=O)ccc2Oc2ccc(CCC3CCNCC3)cc2)c2cc[nH]c2c1=O. The van der Waals surface area contributed by atoms with Crippen LogP contribution in [0.15, 0.2) is 65.7 Å². The number of rotatable bonds is 7. The van der Waals surface area contributed by atoms with Gasteiger partial charge in [0, 0.05) is 52.5 Å². The van der Waals surface area contributed by atoms with E-state index in [1.807, 2.05) is 30.5 Å². The van der Waals surface area contributed by atoms with Crippen LogP contribution in [0.3, 0.4) is 0 Å². The van der Waals surface area contributed by atoms with Gasteiger partial charge in [0.15, 0.2) is 0 Å². The highest BCUT2D eigenvalue weighted by atomic mass is 32.2. The molecule has 2 fully saturated rings. The Morgan fingerprint density at radius 1 is 1.03 bits per heavy atom. The second-order valence-electron chi connectivity index (χ2n) is 10.7. The van der Waals surface area contributed by atoms with E-state index in [0.717, 1.165) is 77.6 Å². The highest BCUT2D eigenvalue weighted by molar-refractivity contribution is 7.85. The average molecular weight is 530 g/mol. The normalized spacial score (nSPS) is 20.2. The summed E-state index contributed by atoms with van der Waals surface area (Å²) in [6.07, 6.45) is 10.5. The van der Waals surface area contributed by atoms with Crippen LogP contribution in [0.1, 0.15) is 48.5 Å². The van der Waals surface area contributed by atoms with Gasteiger partial charge >= 0.3 is 0 Å². The predicted octanol–water partition coefficient (Wildman–Crippen LogP) is 5.84. The lowest BCUT2D eigenvalue weighted by Gasteiger charge is -2.22. The molecule has 4 heterocycles. The second kappa shape index (κ2) is 10.9. The number of benzene rings is 2. The number of aromatic amines is 1. The summed E-state index contributed by atoms with van der Waals surface area (Å²) in [5, 5.41) is 4.34. The van der Waals surface area contributed by atoms with Gasteiger partial charge in [0.1, 0.15) is 17.0 Å². The summed E-state index contributed by atoms with van der Waals surface area (Å²) < 4.78 is 20.8. The molecular weight excluding hydrogens is 494 g/mol. The monoisotopic (exact) mass is 529 g/mol. The molecule has 0 aliphatic carbocycles. The summed E-state index contributed by atoms with van der Waals surface area (Å²) >= 11 is 0. The average Bonchev–Trinajstić information content (AvgIpc) is 3.61. The number of aromatic nitrogens is 2. The van der Waals surface area contributed by atoms with Crippen molar-refractivity contribution in [3.8, 4) is 22.6 Å². The van der Waals surface area contributed by atoms with Crippen molar-refractivity contribution in [2.75, 3.05) is 18.8 Å². The van der Waals surface area contributed by atoms with Crippen LogP contribution in [0.4, 0.5) is 0 Å². The molecule has 2 aliphatic heterocycles. The molecule has 2 aromatic carbocycles. The number of piperidine rings is 1. The van der Waals surface area contributed by atoms with Crippen LogP contribution in [0.5, 0.6) is 11.5 Å². The van der Waals surface area contributed by atoms with Gasteiger partial charge in [-0.05, 0) is 99.0 Å². The van der Waals surface area contributed by atoms with E-state index in [4.69, 9.17) is 4.74 Å². The van der Waals surface area contributed by atoms with Crippen molar-refractivity contribution in [1.82, 2.24) is 14.9 Å². The number of nitrogens with one attached hydrogen (secondary N) is 2. The van der Waals surface area contributed by atoms with E-state index in [1.54, 1.807) is 17.8 Å². The number of aryl methyl sites for hydroxylation is 2. The van der Waals surface area contributed by atoms with E-state index in [0.29, 0.717) is 5.52 Å². The van der Waals surface area contributed by atoms with Crippen molar-refractivity contribution in [1.29, 1.82) is 0 Å². The standard InChI is InChI=1S/C31H35N3O3S/c1-34-20-27(25-14-17-33-30(25)31(34)35)26-19-23(29-3-2-18-38(29)36)8-11-28(26)37-24-9-6-21(7-10-24)4-5-22-12-15-32-16-13-22/h6-11,14,17,19-20,22,29,32-33H,2-5,12-13,15-16,18H2,1H3.